The highest BCUT2D eigenvalue weighted by atomic mass is 32.2. The lowest BCUT2D eigenvalue weighted by Crippen LogP contribution is -2.33. The van der Waals surface area contributed by atoms with Gasteiger partial charge in [0.15, 0.2) is 5.12 Å². The first-order chi connectivity index (χ1) is 10.2. The van der Waals surface area contributed by atoms with Gasteiger partial charge in [0.1, 0.15) is 11.3 Å². The van der Waals surface area contributed by atoms with Crippen molar-refractivity contribution in [3.05, 3.63) is 11.9 Å². The van der Waals surface area contributed by atoms with Crippen LogP contribution in [0.4, 0.5) is 4.79 Å². The molecule has 22 heavy (non-hydrogen) atoms. The number of aromatic nitrogens is 3. The molecular weight excluding hydrogens is 304 g/mol. The van der Waals surface area contributed by atoms with Gasteiger partial charge in [-0.25, -0.2) is 9.48 Å². The normalized spacial score (nSPS) is 21.1. The lowest BCUT2D eigenvalue weighted by molar-refractivity contribution is -0.109. The van der Waals surface area contributed by atoms with Crippen LogP contribution in [0.2, 0.25) is 0 Å². The monoisotopic (exact) mass is 326 g/mol. The van der Waals surface area contributed by atoms with Crippen LogP contribution in [0.3, 0.4) is 0 Å². The van der Waals surface area contributed by atoms with Crippen LogP contribution in [0, 0.1) is 0 Å². The second-order valence-electron chi connectivity index (χ2n) is 6.34. The fourth-order valence-electron chi connectivity index (χ4n) is 2.14. The van der Waals surface area contributed by atoms with Gasteiger partial charge < -0.3 is 10.1 Å². The highest BCUT2D eigenvalue weighted by Crippen LogP contribution is 2.40. The summed E-state index contributed by atoms with van der Waals surface area (Å²) < 4.78 is 6.95. The molecule has 0 bridgehead atoms. The Bertz CT molecular complexity index is 553. The third-order valence-corrected chi connectivity index (χ3v) is 4.39. The van der Waals surface area contributed by atoms with E-state index in [0.717, 1.165) is 12.8 Å². The van der Waals surface area contributed by atoms with Gasteiger partial charge in [0.05, 0.1) is 18.8 Å². The smallest absolute Gasteiger partial charge is 0.407 e. The van der Waals surface area contributed by atoms with Crippen molar-refractivity contribution in [2.24, 2.45) is 0 Å². The van der Waals surface area contributed by atoms with E-state index >= 15 is 0 Å². The molecule has 0 aromatic carbocycles. The number of amides is 1. The van der Waals surface area contributed by atoms with E-state index in [1.165, 1.54) is 11.8 Å². The van der Waals surface area contributed by atoms with Crippen LogP contribution < -0.4 is 5.32 Å². The number of nitrogens with zero attached hydrogens (tertiary/aromatic N) is 3. The van der Waals surface area contributed by atoms with Gasteiger partial charge in [-0.05, 0) is 33.6 Å². The molecule has 7 nitrogen and oxygen atoms in total. The van der Waals surface area contributed by atoms with Crippen LogP contribution in [0.15, 0.2) is 6.20 Å². The van der Waals surface area contributed by atoms with Crippen LogP contribution in [-0.4, -0.2) is 37.1 Å². The highest BCUT2D eigenvalue weighted by molar-refractivity contribution is 8.14. The quantitative estimate of drug-likeness (QED) is 0.913. The molecule has 0 spiro atoms. The zero-order valence-corrected chi connectivity index (χ0v) is 14.1. The van der Waals surface area contributed by atoms with Gasteiger partial charge in [-0.3, -0.25) is 4.79 Å². The third-order valence-electron chi connectivity index (χ3n) is 3.20. The molecule has 1 heterocycles. The zero-order valence-electron chi connectivity index (χ0n) is 13.3. The molecule has 0 aliphatic heterocycles. The summed E-state index contributed by atoms with van der Waals surface area (Å²) in [6.07, 6.45) is 3.35. The predicted molar refractivity (Wildman–Crippen MR) is 83.4 cm³/mol. The molecule has 1 aliphatic rings. The SMILES string of the molecule is CC(=O)SC1CCC1n1cc(CNC(=O)OC(C)(C)C)nn1. The fraction of sp³-hybridized carbons (Fsp3) is 0.714. The summed E-state index contributed by atoms with van der Waals surface area (Å²) in [6.45, 7) is 7.29. The minimum atomic E-state index is -0.523. The molecule has 1 aromatic heterocycles. The maximum Gasteiger partial charge on any atom is 0.407 e. The average molecular weight is 326 g/mol. The van der Waals surface area contributed by atoms with Crippen molar-refractivity contribution >= 4 is 23.0 Å². The standard InChI is InChI=1S/C14H22N4O3S/c1-9(19)22-12-6-5-11(12)18-8-10(16-17-18)7-15-13(20)21-14(2,3)4/h8,11-12H,5-7H2,1-4H3,(H,15,20). The summed E-state index contributed by atoms with van der Waals surface area (Å²) in [5.41, 5.74) is 0.148. The molecule has 0 saturated heterocycles. The summed E-state index contributed by atoms with van der Waals surface area (Å²) >= 11 is 1.36. The van der Waals surface area contributed by atoms with Gasteiger partial charge in [0.25, 0.3) is 0 Å². The molecule has 122 valence electrons. The Labute approximate surface area is 134 Å². The molecule has 1 amide bonds. The Balaban J connectivity index is 1.84. The molecule has 0 radical (unpaired) electrons. The Kier molecular flexibility index (Phi) is 5.10. The molecular formula is C14H22N4O3S. The van der Waals surface area contributed by atoms with E-state index in [9.17, 15) is 9.59 Å². The van der Waals surface area contributed by atoms with Crippen molar-refractivity contribution in [1.29, 1.82) is 0 Å². The summed E-state index contributed by atoms with van der Waals surface area (Å²) in [5, 5.41) is 11.2. The molecule has 1 saturated carbocycles. The van der Waals surface area contributed by atoms with E-state index in [1.54, 1.807) is 11.6 Å². The van der Waals surface area contributed by atoms with Crippen LogP contribution >= 0.6 is 11.8 Å². The second-order valence-corrected chi connectivity index (χ2v) is 7.75. The first-order valence-corrected chi connectivity index (χ1v) is 8.17. The minimum Gasteiger partial charge on any atom is -0.444 e. The number of thioether (sulfide) groups is 1. The topological polar surface area (TPSA) is 86.1 Å². The maximum absolute atomic E-state index is 11.6. The van der Waals surface area contributed by atoms with E-state index in [2.05, 4.69) is 15.6 Å². The van der Waals surface area contributed by atoms with Crippen molar-refractivity contribution in [1.82, 2.24) is 20.3 Å². The Morgan fingerprint density at radius 1 is 1.45 bits per heavy atom. The number of hydrogen-bond donors (Lipinski definition) is 1. The van der Waals surface area contributed by atoms with Gasteiger partial charge in [-0.1, -0.05) is 17.0 Å². The van der Waals surface area contributed by atoms with Gasteiger partial charge in [0.2, 0.25) is 0 Å². The largest absolute Gasteiger partial charge is 0.444 e. The molecule has 2 rings (SSSR count). The number of nitrogens with one attached hydrogen (secondary N) is 1. The lowest BCUT2D eigenvalue weighted by atomic mass is 9.92. The van der Waals surface area contributed by atoms with E-state index in [0.29, 0.717) is 5.69 Å². The number of ether oxygens (including phenoxy) is 1. The summed E-state index contributed by atoms with van der Waals surface area (Å²) in [7, 11) is 0. The fourth-order valence-corrected chi connectivity index (χ4v) is 3.24. The van der Waals surface area contributed by atoms with E-state index in [-0.39, 0.29) is 23.0 Å². The number of carbonyl (C=O) groups is 2. The minimum absolute atomic E-state index is 0.127. The number of hydrogen-bond acceptors (Lipinski definition) is 6. The summed E-state index contributed by atoms with van der Waals surface area (Å²) in [4.78, 5) is 22.8. The number of rotatable bonds is 4. The van der Waals surface area contributed by atoms with Crippen molar-refractivity contribution in [2.75, 3.05) is 0 Å². The van der Waals surface area contributed by atoms with Gasteiger partial charge in [0, 0.05) is 12.2 Å². The first kappa shape index (κ1) is 16.8. The Hall–Kier alpha value is -1.57. The highest BCUT2D eigenvalue weighted by Gasteiger charge is 2.34. The van der Waals surface area contributed by atoms with E-state index in [1.807, 2.05) is 27.0 Å². The predicted octanol–water partition coefficient (Wildman–Crippen LogP) is 2.29. The van der Waals surface area contributed by atoms with Crippen molar-refractivity contribution < 1.29 is 14.3 Å². The van der Waals surface area contributed by atoms with Gasteiger partial charge >= 0.3 is 6.09 Å². The average Bonchev–Trinajstić information content (AvgIpc) is 2.78. The van der Waals surface area contributed by atoms with Crippen molar-refractivity contribution in [3.63, 3.8) is 0 Å². The maximum atomic E-state index is 11.6. The van der Waals surface area contributed by atoms with Crippen LogP contribution in [-0.2, 0) is 16.1 Å². The summed E-state index contributed by atoms with van der Waals surface area (Å²) in [5.74, 6) is 0. The van der Waals surface area contributed by atoms with Crippen molar-refractivity contribution in [2.45, 2.75) is 64.0 Å². The Morgan fingerprint density at radius 3 is 2.73 bits per heavy atom. The number of alkyl carbamates (subject to hydrolysis) is 1. The van der Waals surface area contributed by atoms with Gasteiger partial charge in [-0.2, -0.15) is 0 Å². The molecule has 1 fully saturated rings. The van der Waals surface area contributed by atoms with E-state index < -0.39 is 11.7 Å². The molecule has 1 N–H and O–H groups in total. The zero-order chi connectivity index (χ0) is 16.3. The van der Waals surface area contributed by atoms with Crippen LogP contribution in [0.5, 0.6) is 0 Å². The van der Waals surface area contributed by atoms with E-state index in [4.69, 9.17) is 4.74 Å². The number of carbonyl (C=O) groups excluding carboxylic acids is 2. The molecule has 2 atom stereocenters. The molecule has 2 unspecified atom stereocenters. The lowest BCUT2D eigenvalue weighted by Gasteiger charge is -2.34. The van der Waals surface area contributed by atoms with Crippen molar-refractivity contribution in [3.8, 4) is 0 Å². The van der Waals surface area contributed by atoms with Gasteiger partial charge in [-0.15, -0.1) is 5.10 Å². The Morgan fingerprint density at radius 2 is 2.18 bits per heavy atom. The molecule has 1 aliphatic carbocycles. The third kappa shape index (κ3) is 4.72. The van der Waals surface area contributed by atoms with Crippen LogP contribution in [0.25, 0.3) is 0 Å². The van der Waals surface area contributed by atoms with Crippen LogP contribution in [0.1, 0.15) is 52.3 Å². The second kappa shape index (κ2) is 6.68. The first-order valence-electron chi connectivity index (χ1n) is 7.29. The molecule has 8 heteroatoms. The molecule has 1 aromatic rings. The summed E-state index contributed by atoms with van der Waals surface area (Å²) in [6, 6.07) is 0.205.